The predicted molar refractivity (Wildman–Crippen MR) is 58.2 cm³/mol. The molecule has 1 heterocycles. The molecule has 0 amide bonds. The summed E-state index contributed by atoms with van der Waals surface area (Å²) in [6.07, 6.45) is 1.55. The third-order valence-electron chi connectivity index (χ3n) is 2.11. The molecule has 0 aliphatic carbocycles. The Kier molecular flexibility index (Phi) is 5.18. The van der Waals surface area contributed by atoms with Crippen molar-refractivity contribution in [2.45, 2.75) is 19.3 Å². The third kappa shape index (κ3) is 3.16. The zero-order valence-electron chi connectivity index (χ0n) is 9.71. The number of rotatable bonds is 6. The second-order valence-corrected chi connectivity index (χ2v) is 3.17. The van der Waals surface area contributed by atoms with Crippen molar-refractivity contribution in [3.63, 3.8) is 0 Å². The average molecular weight is 227 g/mol. The molecular weight excluding hydrogens is 210 g/mol. The molecule has 1 N–H and O–H groups in total. The van der Waals surface area contributed by atoms with Gasteiger partial charge >= 0.3 is 0 Å². The van der Waals surface area contributed by atoms with Crippen LogP contribution >= 0.6 is 0 Å². The number of aliphatic hydroxyl groups excluding tert-OH is 1. The van der Waals surface area contributed by atoms with Gasteiger partial charge in [0.2, 0.25) is 0 Å². The molecule has 0 bridgehead atoms. The fourth-order valence-corrected chi connectivity index (χ4v) is 1.35. The van der Waals surface area contributed by atoms with E-state index in [1.54, 1.807) is 18.5 Å². The van der Waals surface area contributed by atoms with Gasteiger partial charge in [-0.2, -0.15) is 0 Å². The molecule has 0 fully saturated rings. The van der Waals surface area contributed by atoms with Crippen molar-refractivity contribution in [2.24, 2.45) is 0 Å². The van der Waals surface area contributed by atoms with Crippen molar-refractivity contribution >= 4 is 0 Å². The fourth-order valence-electron chi connectivity index (χ4n) is 1.35. The van der Waals surface area contributed by atoms with Gasteiger partial charge in [0.25, 0.3) is 0 Å². The molecule has 0 aromatic carbocycles. The van der Waals surface area contributed by atoms with Gasteiger partial charge in [-0.25, -0.2) is 0 Å². The van der Waals surface area contributed by atoms with Gasteiger partial charge < -0.3 is 19.3 Å². The minimum absolute atomic E-state index is 0.555. The Morgan fingerprint density at radius 2 is 2.00 bits per heavy atom. The van der Waals surface area contributed by atoms with E-state index in [4.69, 9.17) is 14.2 Å². The van der Waals surface area contributed by atoms with Gasteiger partial charge in [0.15, 0.2) is 6.29 Å². The van der Waals surface area contributed by atoms with Gasteiger partial charge in [0.1, 0.15) is 11.9 Å². The summed E-state index contributed by atoms with van der Waals surface area (Å²) >= 11 is 0. The number of hydrogen-bond donors (Lipinski definition) is 1. The maximum absolute atomic E-state index is 9.93. The molecule has 1 aromatic heterocycles. The van der Waals surface area contributed by atoms with Crippen molar-refractivity contribution in [1.82, 2.24) is 4.98 Å². The Labute approximate surface area is 95.0 Å². The summed E-state index contributed by atoms with van der Waals surface area (Å²) in [6, 6.07) is 1.71. The maximum atomic E-state index is 9.93. The van der Waals surface area contributed by atoms with Crippen LogP contribution in [0.3, 0.4) is 0 Å². The molecule has 5 nitrogen and oxygen atoms in total. The molecule has 1 aromatic rings. The lowest BCUT2D eigenvalue weighted by molar-refractivity contribution is -0.166. The van der Waals surface area contributed by atoms with Crippen molar-refractivity contribution in [3.8, 4) is 5.75 Å². The van der Waals surface area contributed by atoms with Crippen molar-refractivity contribution < 1.29 is 19.3 Å². The molecule has 1 atom stereocenters. The van der Waals surface area contributed by atoms with Crippen molar-refractivity contribution in [1.29, 1.82) is 0 Å². The molecule has 1 rings (SSSR count). The Morgan fingerprint density at radius 3 is 2.56 bits per heavy atom. The van der Waals surface area contributed by atoms with Gasteiger partial charge in [0.05, 0.1) is 12.8 Å². The predicted octanol–water partition coefficient (Wildman–Crippen LogP) is 1.13. The van der Waals surface area contributed by atoms with Crippen molar-refractivity contribution in [2.75, 3.05) is 20.8 Å². The minimum atomic E-state index is -0.886. The minimum Gasteiger partial charge on any atom is -0.492 e. The highest BCUT2D eigenvalue weighted by molar-refractivity contribution is 5.25. The summed E-state index contributed by atoms with van der Waals surface area (Å²) in [5.74, 6) is 0.616. The van der Waals surface area contributed by atoms with E-state index < -0.39 is 12.4 Å². The molecule has 0 spiro atoms. The zero-order valence-corrected chi connectivity index (χ0v) is 9.71. The SMILES string of the molecule is CCOc1cncc(C(O)C(OC)OC)c1. The van der Waals surface area contributed by atoms with Gasteiger partial charge in [-0.05, 0) is 13.0 Å². The lowest BCUT2D eigenvalue weighted by Crippen LogP contribution is -2.22. The number of methoxy groups -OCH3 is 2. The fraction of sp³-hybridized carbons (Fsp3) is 0.545. The van der Waals surface area contributed by atoms with E-state index in [0.29, 0.717) is 17.9 Å². The normalized spacial score (nSPS) is 12.8. The van der Waals surface area contributed by atoms with Crippen LogP contribution in [0.2, 0.25) is 0 Å². The third-order valence-corrected chi connectivity index (χ3v) is 2.11. The van der Waals surface area contributed by atoms with Crippen LogP contribution in [-0.4, -0.2) is 37.2 Å². The highest BCUT2D eigenvalue weighted by Gasteiger charge is 2.20. The largest absolute Gasteiger partial charge is 0.492 e. The molecule has 90 valence electrons. The van der Waals surface area contributed by atoms with Crippen LogP contribution in [0.5, 0.6) is 5.75 Å². The molecule has 16 heavy (non-hydrogen) atoms. The number of ether oxygens (including phenoxy) is 3. The lowest BCUT2D eigenvalue weighted by Gasteiger charge is -2.20. The number of hydrogen-bond acceptors (Lipinski definition) is 5. The van der Waals surface area contributed by atoms with Gasteiger partial charge in [0, 0.05) is 26.0 Å². The first kappa shape index (κ1) is 12.9. The summed E-state index contributed by atoms with van der Waals surface area (Å²) < 4.78 is 15.2. The number of nitrogens with zero attached hydrogens (tertiary/aromatic N) is 1. The summed E-state index contributed by atoms with van der Waals surface area (Å²) in [7, 11) is 2.94. The van der Waals surface area contributed by atoms with Crippen LogP contribution in [0.1, 0.15) is 18.6 Å². The van der Waals surface area contributed by atoms with Gasteiger partial charge in [-0.15, -0.1) is 0 Å². The van der Waals surface area contributed by atoms with E-state index in [2.05, 4.69) is 4.98 Å². The van der Waals surface area contributed by atoms with E-state index in [-0.39, 0.29) is 0 Å². The van der Waals surface area contributed by atoms with Crippen molar-refractivity contribution in [3.05, 3.63) is 24.0 Å². The number of aliphatic hydroxyl groups is 1. The second-order valence-electron chi connectivity index (χ2n) is 3.17. The highest BCUT2D eigenvalue weighted by Crippen LogP contribution is 2.22. The Balaban J connectivity index is 2.81. The summed E-state index contributed by atoms with van der Waals surface area (Å²) in [5.41, 5.74) is 0.597. The Morgan fingerprint density at radius 1 is 1.31 bits per heavy atom. The first-order valence-corrected chi connectivity index (χ1v) is 5.04. The summed E-state index contributed by atoms with van der Waals surface area (Å²) in [4.78, 5) is 3.98. The molecule has 0 aliphatic rings. The Bertz CT molecular complexity index is 315. The van der Waals surface area contributed by atoms with E-state index in [9.17, 15) is 5.11 Å². The van der Waals surface area contributed by atoms with E-state index in [0.717, 1.165) is 0 Å². The monoisotopic (exact) mass is 227 g/mol. The zero-order chi connectivity index (χ0) is 12.0. The van der Waals surface area contributed by atoms with E-state index >= 15 is 0 Å². The first-order valence-electron chi connectivity index (χ1n) is 5.04. The van der Waals surface area contributed by atoms with E-state index in [1.165, 1.54) is 14.2 Å². The van der Waals surface area contributed by atoms with Crippen LogP contribution in [-0.2, 0) is 9.47 Å². The topological polar surface area (TPSA) is 60.8 Å². The van der Waals surface area contributed by atoms with Crippen LogP contribution in [0.4, 0.5) is 0 Å². The van der Waals surface area contributed by atoms with Crippen LogP contribution in [0.25, 0.3) is 0 Å². The smallest absolute Gasteiger partial charge is 0.187 e. The first-order chi connectivity index (χ1) is 7.72. The van der Waals surface area contributed by atoms with Crippen LogP contribution in [0.15, 0.2) is 18.5 Å². The number of aromatic nitrogens is 1. The van der Waals surface area contributed by atoms with Gasteiger partial charge in [-0.3, -0.25) is 4.98 Å². The molecular formula is C11H17NO4. The van der Waals surface area contributed by atoms with E-state index in [1.807, 2.05) is 6.92 Å². The molecule has 0 saturated carbocycles. The molecule has 0 saturated heterocycles. The molecule has 1 unspecified atom stereocenters. The van der Waals surface area contributed by atoms with Gasteiger partial charge in [-0.1, -0.05) is 0 Å². The van der Waals surface area contributed by atoms with Crippen LogP contribution in [0, 0.1) is 0 Å². The maximum Gasteiger partial charge on any atom is 0.187 e. The average Bonchev–Trinajstić information content (AvgIpc) is 2.31. The molecule has 5 heteroatoms. The molecule has 0 aliphatic heterocycles. The number of pyridine rings is 1. The lowest BCUT2D eigenvalue weighted by atomic mass is 10.1. The molecule has 0 radical (unpaired) electrons. The quantitative estimate of drug-likeness (QED) is 0.738. The summed E-state index contributed by atoms with van der Waals surface area (Å²) in [5, 5.41) is 9.93. The standard InChI is InChI=1S/C11H17NO4/c1-4-16-9-5-8(6-12-7-9)10(13)11(14-2)15-3/h5-7,10-11,13H,4H2,1-3H3. The highest BCUT2D eigenvalue weighted by atomic mass is 16.7. The summed E-state index contributed by atoms with van der Waals surface area (Å²) in [6.45, 7) is 2.44. The Hall–Kier alpha value is -1.17. The second kappa shape index (κ2) is 6.42. The van der Waals surface area contributed by atoms with Crippen LogP contribution < -0.4 is 4.74 Å².